The van der Waals surface area contributed by atoms with Crippen LogP contribution in [-0.4, -0.2) is 18.2 Å². The van der Waals surface area contributed by atoms with Gasteiger partial charge >= 0.3 is 0 Å². The molecule has 0 unspecified atom stereocenters. The van der Waals surface area contributed by atoms with Crippen LogP contribution in [0.5, 0.6) is 0 Å². The fraction of sp³-hybridized carbons (Fsp3) is 0.600. The first kappa shape index (κ1) is 12.4. The highest BCUT2D eigenvalue weighted by atomic mass is 16.3. The van der Waals surface area contributed by atoms with Crippen LogP contribution in [0.15, 0.2) is 24.3 Å². The highest BCUT2D eigenvalue weighted by molar-refractivity contribution is 5.54. The van der Waals surface area contributed by atoms with Gasteiger partial charge in [-0.15, -0.1) is 0 Å². The normalized spacial score (nSPS) is 19.4. The van der Waals surface area contributed by atoms with E-state index < -0.39 is 0 Å². The van der Waals surface area contributed by atoms with Gasteiger partial charge in [0.2, 0.25) is 0 Å². The van der Waals surface area contributed by atoms with Gasteiger partial charge in [-0.2, -0.15) is 0 Å². The van der Waals surface area contributed by atoms with Crippen molar-refractivity contribution in [2.24, 2.45) is 5.92 Å². The third-order valence-corrected chi connectivity index (χ3v) is 3.81. The summed E-state index contributed by atoms with van der Waals surface area (Å²) in [6.45, 7) is 6.59. The molecular weight excluding hydrogens is 210 g/mol. The fourth-order valence-electron chi connectivity index (χ4n) is 2.53. The fourth-order valence-corrected chi connectivity index (χ4v) is 2.53. The van der Waals surface area contributed by atoms with E-state index in [1.54, 1.807) is 0 Å². The SMILES string of the molecule is CC[C@@H](O)c1ccccc1N1CCC(C)CC1. The number of piperidine rings is 1. The molecule has 1 aliphatic heterocycles. The van der Waals surface area contributed by atoms with Crippen LogP contribution in [0.4, 0.5) is 5.69 Å². The molecule has 0 radical (unpaired) electrons. The highest BCUT2D eigenvalue weighted by Crippen LogP contribution is 2.30. The molecule has 0 spiro atoms. The summed E-state index contributed by atoms with van der Waals surface area (Å²) >= 11 is 0. The molecule has 2 rings (SSSR count). The van der Waals surface area contributed by atoms with Crippen molar-refractivity contribution in [1.29, 1.82) is 0 Å². The van der Waals surface area contributed by atoms with E-state index in [1.807, 2.05) is 13.0 Å². The molecule has 0 amide bonds. The Morgan fingerprint density at radius 2 is 1.94 bits per heavy atom. The number of aliphatic hydroxyl groups excluding tert-OH is 1. The Kier molecular flexibility index (Phi) is 4.06. The summed E-state index contributed by atoms with van der Waals surface area (Å²) in [5.41, 5.74) is 2.32. The second kappa shape index (κ2) is 5.54. The molecule has 17 heavy (non-hydrogen) atoms. The van der Waals surface area contributed by atoms with Crippen molar-refractivity contribution in [2.75, 3.05) is 18.0 Å². The van der Waals surface area contributed by atoms with Crippen LogP contribution >= 0.6 is 0 Å². The third-order valence-electron chi connectivity index (χ3n) is 3.81. The van der Waals surface area contributed by atoms with Gasteiger partial charge in [-0.3, -0.25) is 0 Å². The zero-order chi connectivity index (χ0) is 12.3. The predicted octanol–water partition coefficient (Wildman–Crippen LogP) is 3.37. The maximum atomic E-state index is 10.1. The molecule has 0 aliphatic carbocycles. The van der Waals surface area contributed by atoms with E-state index in [0.29, 0.717) is 0 Å². The van der Waals surface area contributed by atoms with E-state index in [1.165, 1.54) is 18.5 Å². The van der Waals surface area contributed by atoms with Crippen molar-refractivity contribution < 1.29 is 5.11 Å². The third kappa shape index (κ3) is 2.81. The first-order chi connectivity index (χ1) is 8.22. The Morgan fingerprint density at radius 3 is 2.59 bits per heavy atom. The van der Waals surface area contributed by atoms with Crippen LogP contribution in [0.25, 0.3) is 0 Å². The van der Waals surface area contributed by atoms with E-state index in [-0.39, 0.29) is 6.10 Å². The van der Waals surface area contributed by atoms with E-state index in [9.17, 15) is 5.11 Å². The minimum atomic E-state index is -0.328. The first-order valence-corrected chi connectivity index (χ1v) is 6.74. The second-order valence-corrected chi connectivity index (χ2v) is 5.15. The maximum absolute atomic E-state index is 10.1. The molecule has 1 atom stereocenters. The minimum absolute atomic E-state index is 0.328. The molecule has 1 N–H and O–H groups in total. The molecule has 0 bridgehead atoms. The first-order valence-electron chi connectivity index (χ1n) is 6.74. The number of rotatable bonds is 3. The van der Waals surface area contributed by atoms with Gasteiger partial charge in [0.15, 0.2) is 0 Å². The average Bonchev–Trinajstić information content (AvgIpc) is 2.39. The van der Waals surface area contributed by atoms with Gasteiger partial charge in [-0.25, -0.2) is 0 Å². The molecule has 0 aromatic heterocycles. The van der Waals surface area contributed by atoms with Crippen molar-refractivity contribution in [3.8, 4) is 0 Å². The van der Waals surface area contributed by atoms with Crippen molar-refractivity contribution >= 4 is 5.69 Å². The lowest BCUT2D eigenvalue weighted by molar-refractivity contribution is 0.174. The van der Waals surface area contributed by atoms with E-state index >= 15 is 0 Å². The molecule has 1 aromatic carbocycles. The number of benzene rings is 1. The van der Waals surface area contributed by atoms with E-state index in [4.69, 9.17) is 0 Å². The Labute approximate surface area is 104 Å². The lowest BCUT2D eigenvalue weighted by Crippen LogP contribution is -2.33. The molecular formula is C15H23NO. The number of hydrogen-bond acceptors (Lipinski definition) is 2. The monoisotopic (exact) mass is 233 g/mol. The molecule has 1 saturated heterocycles. The van der Waals surface area contributed by atoms with Gasteiger partial charge in [0.1, 0.15) is 0 Å². The highest BCUT2D eigenvalue weighted by Gasteiger charge is 2.19. The lowest BCUT2D eigenvalue weighted by atomic mass is 9.97. The Bertz CT molecular complexity index is 356. The predicted molar refractivity (Wildman–Crippen MR) is 72.3 cm³/mol. The quantitative estimate of drug-likeness (QED) is 0.865. The summed E-state index contributed by atoms with van der Waals surface area (Å²) in [5.74, 6) is 0.842. The van der Waals surface area contributed by atoms with Crippen LogP contribution in [-0.2, 0) is 0 Å². The van der Waals surface area contributed by atoms with Crippen LogP contribution in [0.2, 0.25) is 0 Å². The van der Waals surface area contributed by atoms with Crippen molar-refractivity contribution in [3.05, 3.63) is 29.8 Å². The summed E-state index contributed by atoms with van der Waals surface area (Å²) in [4.78, 5) is 2.42. The van der Waals surface area contributed by atoms with Crippen molar-refractivity contribution in [3.63, 3.8) is 0 Å². The van der Waals surface area contributed by atoms with Gasteiger partial charge in [-0.05, 0) is 31.2 Å². The summed E-state index contributed by atoms with van der Waals surface area (Å²) in [6.07, 6.45) is 2.97. The maximum Gasteiger partial charge on any atom is 0.0807 e. The van der Waals surface area contributed by atoms with Crippen LogP contribution in [0, 0.1) is 5.92 Å². The Hall–Kier alpha value is -1.02. The number of aliphatic hydroxyl groups is 1. The molecule has 0 saturated carbocycles. The Morgan fingerprint density at radius 1 is 1.29 bits per heavy atom. The number of anilines is 1. The van der Waals surface area contributed by atoms with Crippen LogP contribution < -0.4 is 4.90 Å². The molecule has 1 heterocycles. The van der Waals surface area contributed by atoms with Gasteiger partial charge in [0.25, 0.3) is 0 Å². The van der Waals surface area contributed by atoms with E-state index in [0.717, 1.165) is 31.0 Å². The van der Waals surface area contributed by atoms with Crippen molar-refractivity contribution in [2.45, 2.75) is 39.2 Å². The zero-order valence-corrected chi connectivity index (χ0v) is 10.9. The van der Waals surface area contributed by atoms with Gasteiger partial charge in [-0.1, -0.05) is 32.0 Å². The smallest absolute Gasteiger partial charge is 0.0807 e. The number of nitrogens with zero attached hydrogens (tertiary/aromatic N) is 1. The molecule has 2 heteroatoms. The molecule has 94 valence electrons. The largest absolute Gasteiger partial charge is 0.388 e. The second-order valence-electron chi connectivity index (χ2n) is 5.15. The summed E-state index contributed by atoms with van der Waals surface area (Å²) < 4.78 is 0. The van der Waals surface area contributed by atoms with E-state index in [2.05, 4.69) is 30.0 Å². The molecule has 1 aromatic rings. The lowest BCUT2D eigenvalue weighted by Gasteiger charge is -2.34. The molecule has 2 nitrogen and oxygen atoms in total. The topological polar surface area (TPSA) is 23.5 Å². The van der Waals surface area contributed by atoms with Gasteiger partial charge in [0, 0.05) is 24.3 Å². The number of para-hydroxylation sites is 1. The minimum Gasteiger partial charge on any atom is -0.388 e. The molecule has 1 fully saturated rings. The average molecular weight is 233 g/mol. The van der Waals surface area contributed by atoms with Gasteiger partial charge < -0.3 is 10.0 Å². The van der Waals surface area contributed by atoms with Gasteiger partial charge in [0.05, 0.1) is 6.10 Å². The van der Waals surface area contributed by atoms with Crippen LogP contribution in [0.1, 0.15) is 44.8 Å². The van der Waals surface area contributed by atoms with Crippen molar-refractivity contribution in [1.82, 2.24) is 0 Å². The van der Waals surface area contributed by atoms with Crippen LogP contribution in [0.3, 0.4) is 0 Å². The Balaban J connectivity index is 2.19. The summed E-state index contributed by atoms with van der Waals surface area (Å²) in [7, 11) is 0. The standard InChI is InChI=1S/C15H23NO/c1-3-15(17)13-6-4-5-7-14(13)16-10-8-12(2)9-11-16/h4-7,12,15,17H,3,8-11H2,1-2H3/t15-/m1/s1. The summed E-state index contributed by atoms with van der Waals surface area (Å²) in [6, 6.07) is 8.29. The summed E-state index contributed by atoms with van der Waals surface area (Å²) in [5, 5.41) is 10.1. The molecule has 1 aliphatic rings. The number of hydrogen-bond donors (Lipinski definition) is 1. The zero-order valence-electron chi connectivity index (χ0n) is 10.9.